The minimum absolute atomic E-state index is 0.647. The standard InChI is InChI=1S/C15H24N2S/c18-15(16-11-4-2-1-3-5-11)17-14-12-9-6-7-10(8-9)13(12)14/h9-14H,1-8H2,(H2,16,17,18). The molecule has 0 aromatic heterocycles. The smallest absolute Gasteiger partial charge is 0.166 e. The molecule has 0 aromatic carbocycles. The van der Waals surface area contributed by atoms with Crippen LogP contribution in [0.1, 0.15) is 51.4 Å². The van der Waals surface area contributed by atoms with Crippen molar-refractivity contribution in [1.29, 1.82) is 0 Å². The van der Waals surface area contributed by atoms with E-state index in [2.05, 4.69) is 10.6 Å². The zero-order valence-corrected chi connectivity index (χ0v) is 11.8. The van der Waals surface area contributed by atoms with E-state index in [0.29, 0.717) is 6.04 Å². The Morgan fingerprint density at radius 2 is 1.50 bits per heavy atom. The highest BCUT2D eigenvalue weighted by molar-refractivity contribution is 7.80. The minimum atomic E-state index is 0.647. The summed E-state index contributed by atoms with van der Waals surface area (Å²) in [7, 11) is 0. The van der Waals surface area contributed by atoms with Crippen molar-refractivity contribution in [2.75, 3.05) is 0 Å². The van der Waals surface area contributed by atoms with Gasteiger partial charge in [0.05, 0.1) is 0 Å². The van der Waals surface area contributed by atoms with Crippen molar-refractivity contribution in [2.45, 2.75) is 63.5 Å². The summed E-state index contributed by atoms with van der Waals surface area (Å²) in [4.78, 5) is 0. The van der Waals surface area contributed by atoms with Crippen LogP contribution in [0.2, 0.25) is 0 Å². The average molecular weight is 264 g/mol. The molecule has 3 heteroatoms. The van der Waals surface area contributed by atoms with Crippen molar-refractivity contribution in [3.05, 3.63) is 0 Å². The normalized spacial score (nSPS) is 45.7. The molecular formula is C15H24N2S. The first kappa shape index (κ1) is 11.5. The van der Waals surface area contributed by atoms with E-state index in [1.807, 2.05) is 0 Å². The molecule has 0 heterocycles. The lowest BCUT2D eigenvalue weighted by molar-refractivity contribution is 0.409. The third kappa shape index (κ3) is 1.86. The van der Waals surface area contributed by atoms with Gasteiger partial charge in [0.1, 0.15) is 0 Å². The molecule has 2 bridgehead atoms. The molecule has 0 spiro atoms. The molecule has 4 atom stereocenters. The van der Waals surface area contributed by atoms with E-state index in [4.69, 9.17) is 12.2 Å². The second-order valence-corrected chi connectivity index (χ2v) is 7.37. The molecule has 0 aliphatic heterocycles. The fraction of sp³-hybridized carbons (Fsp3) is 0.933. The Labute approximate surface area is 115 Å². The van der Waals surface area contributed by atoms with E-state index < -0.39 is 0 Å². The molecule has 0 radical (unpaired) electrons. The quantitative estimate of drug-likeness (QED) is 0.750. The molecule has 18 heavy (non-hydrogen) atoms. The number of hydrogen-bond donors (Lipinski definition) is 2. The molecule has 4 saturated carbocycles. The van der Waals surface area contributed by atoms with Crippen LogP contribution < -0.4 is 10.6 Å². The molecule has 0 saturated heterocycles. The Hall–Kier alpha value is -0.310. The van der Waals surface area contributed by atoms with Gasteiger partial charge in [-0.3, -0.25) is 0 Å². The zero-order chi connectivity index (χ0) is 12.1. The fourth-order valence-electron chi connectivity index (χ4n) is 5.14. The monoisotopic (exact) mass is 264 g/mol. The van der Waals surface area contributed by atoms with Crippen LogP contribution in [0.4, 0.5) is 0 Å². The Morgan fingerprint density at radius 1 is 0.833 bits per heavy atom. The van der Waals surface area contributed by atoms with Gasteiger partial charge in [-0.1, -0.05) is 19.3 Å². The summed E-state index contributed by atoms with van der Waals surface area (Å²) in [5.41, 5.74) is 0. The molecule has 2 nitrogen and oxygen atoms in total. The Morgan fingerprint density at radius 3 is 2.17 bits per heavy atom. The summed E-state index contributed by atoms with van der Waals surface area (Å²) in [6.45, 7) is 0. The van der Waals surface area contributed by atoms with Gasteiger partial charge in [0, 0.05) is 12.1 Å². The first-order valence-electron chi connectivity index (χ1n) is 7.90. The first-order chi connectivity index (χ1) is 8.83. The number of hydrogen-bond acceptors (Lipinski definition) is 1. The van der Waals surface area contributed by atoms with E-state index in [0.717, 1.165) is 34.8 Å². The van der Waals surface area contributed by atoms with E-state index in [1.165, 1.54) is 51.4 Å². The summed E-state index contributed by atoms with van der Waals surface area (Å²) in [6, 6.07) is 1.38. The Kier molecular flexibility index (Phi) is 2.79. The van der Waals surface area contributed by atoms with Crippen molar-refractivity contribution in [2.24, 2.45) is 23.7 Å². The van der Waals surface area contributed by atoms with E-state index in [-0.39, 0.29) is 0 Å². The molecule has 0 amide bonds. The number of fused-ring (bicyclic) bond motifs is 5. The number of rotatable bonds is 2. The maximum Gasteiger partial charge on any atom is 0.166 e. The topological polar surface area (TPSA) is 24.1 Å². The van der Waals surface area contributed by atoms with Gasteiger partial charge in [0.2, 0.25) is 0 Å². The predicted molar refractivity (Wildman–Crippen MR) is 77.3 cm³/mol. The van der Waals surface area contributed by atoms with Gasteiger partial charge in [-0.15, -0.1) is 0 Å². The summed E-state index contributed by atoms with van der Waals surface area (Å²) in [6.07, 6.45) is 11.3. The van der Waals surface area contributed by atoms with Crippen LogP contribution >= 0.6 is 12.2 Å². The molecule has 4 rings (SSSR count). The minimum Gasteiger partial charge on any atom is -0.360 e. The predicted octanol–water partition coefficient (Wildman–Crippen LogP) is 2.83. The van der Waals surface area contributed by atoms with Crippen molar-refractivity contribution in [1.82, 2.24) is 10.6 Å². The van der Waals surface area contributed by atoms with Gasteiger partial charge in [-0.25, -0.2) is 0 Å². The summed E-state index contributed by atoms with van der Waals surface area (Å²) < 4.78 is 0. The third-order valence-corrected chi connectivity index (χ3v) is 6.21. The molecule has 4 fully saturated rings. The lowest BCUT2D eigenvalue weighted by Gasteiger charge is -2.25. The molecule has 4 unspecified atom stereocenters. The number of nitrogens with one attached hydrogen (secondary N) is 2. The number of thiocarbonyl (C=S) groups is 1. The second-order valence-electron chi connectivity index (χ2n) is 6.97. The highest BCUT2D eigenvalue weighted by Crippen LogP contribution is 2.65. The van der Waals surface area contributed by atoms with Crippen LogP contribution in [0.25, 0.3) is 0 Å². The first-order valence-corrected chi connectivity index (χ1v) is 8.31. The van der Waals surface area contributed by atoms with Crippen LogP contribution in [0.15, 0.2) is 0 Å². The molecule has 4 aliphatic rings. The van der Waals surface area contributed by atoms with E-state index >= 15 is 0 Å². The van der Waals surface area contributed by atoms with Gasteiger partial charge < -0.3 is 10.6 Å². The SMILES string of the molecule is S=C(NC1CCCCC1)NC1C2C3CCC(C3)C12. The van der Waals surface area contributed by atoms with Crippen LogP contribution in [-0.2, 0) is 0 Å². The summed E-state index contributed by atoms with van der Waals surface area (Å²) >= 11 is 5.50. The van der Waals surface area contributed by atoms with E-state index in [1.54, 1.807) is 0 Å². The molecular weight excluding hydrogens is 240 g/mol. The van der Waals surface area contributed by atoms with E-state index in [9.17, 15) is 0 Å². The lowest BCUT2D eigenvalue weighted by Crippen LogP contribution is -2.44. The van der Waals surface area contributed by atoms with Crippen molar-refractivity contribution in [3.8, 4) is 0 Å². The largest absolute Gasteiger partial charge is 0.360 e. The summed E-state index contributed by atoms with van der Waals surface area (Å²) in [5, 5.41) is 8.12. The average Bonchev–Trinajstić information content (AvgIpc) is 2.79. The maximum atomic E-state index is 5.50. The van der Waals surface area contributed by atoms with Crippen molar-refractivity contribution in [3.63, 3.8) is 0 Å². The van der Waals surface area contributed by atoms with Gasteiger partial charge in [0.15, 0.2) is 5.11 Å². The maximum absolute atomic E-state index is 5.50. The highest BCUT2D eigenvalue weighted by Gasteiger charge is 2.65. The van der Waals surface area contributed by atoms with Gasteiger partial charge in [-0.2, -0.15) is 0 Å². The molecule has 2 N–H and O–H groups in total. The van der Waals surface area contributed by atoms with Gasteiger partial charge in [0.25, 0.3) is 0 Å². The molecule has 100 valence electrons. The lowest BCUT2D eigenvalue weighted by atomic mass is 9.96. The third-order valence-electron chi connectivity index (χ3n) is 5.97. The summed E-state index contributed by atoms with van der Waals surface area (Å²) in [5.74, 6) is 4.04. The van der Waals surface area contributed by atoms with Gasteiger partial charge in [-0.05, 0) is 68.0 Å². The fourth-order valence-corrected chi connectivity index (χ4v) is 5.45. The van der Waals surface area contributed by atoms with Crippen LogP contribution in [0, 0.1) is 23.7 Å². The second kappa shape index (κ2) is 4.36. The van der Waals surface area contributed by atoms with Crippen molar-refractivity contribution < 1.29 is 0 Å². The highest BCUT2D eigenvalue weighted by atomic mass is 32.1. The van der Waals surface area contributed by atoms with Crippen molar-refractivity contribution >= 4 is 17.3 Å². The Bertz CT molecular complexity index is 334. The molecule has 4 aliphatic carbocycles. The molecule has 0 aromatic rings. The zero-order valence-electron chi connectivity index (χ0n) is 11.0. The van der Waals surface area contributed by atoms with Crippen LogP contribution in [0.5, 0.6) is 0 Å². The van der Waals surface area contributed by atoms with Gasteiger partial charge >= 0.3 is 0 Å². The Balaban J connectivity index is 1.27. The van der Waals surface area contributed by atoms with Crippen LogP contribution in [0.3, 0.4) is 0 Å². The van der Waals surface area contributed by atoms with Crippen LogP contribution in [-0.4, -0.2) is 17.2 Å².